The summed E-state index contributed by atoms with van der Waals surface area (Å²) in [6, 6.07) is 0. The molecule has 2 nitrogen and oxygen atoms in total. The van der Waals surface area contributed by atoms with Crippen LogP contribution in [0.25, 0.3) is 0 Å². The summed E-state index contributed by atoms with van der Waals surface area (Å²) >= 11 is 0. The Labute approximate surface area is 104 Å². The van der Waals surface area contributed by atoms with Crippen LogP contribution in [-0.4, -0.2) is 13.7 Å². The summed E-state index contributed by atoms with van der Waals surface area (Å²) in [5.41, 5.74) is 9.55. The zero-order valence-electron chi connectivity index (χ0n) is 10.6. The van der Waals surface area contributed by atoms with Crippen LogP contribution < -0.4 is 5.73 Å². The smallest absolute Gasteiger partial charge is 0.0824 e. The zero-order chi connectivity index (χ0) is 12.5. The van der Waals surface area contributed by atoms with Gasteiger partial charge in [0.15, 0.2) is 0 Å². The predicted molar refractivity (Wildman–Crippen MR) is 73.5 cm³/mol. The molecule has 0 radical (unpaired) electrons. The van der Waals surface area contributed by atoms with Gasteiger partial charge in [0.25, 0.3) is 0 Å². The van der Waals surface area contributed by atoms with E-state index >= 15 is 0 Å². The van der Waals surface area contributed by atoms with Crippen LogP contribution in [0, 0.1) is 0 Å². The van der Waals surface area contributed by atoms with E-state index in [-0.39, 0.29) is 0 Å². The zero-order valence-corrected chi connectivity index (χ0v) is 10.6. The average molecular weight is 231 g/mol. The highest BCUT2D eigenvalue weighted by Crippen LogP contribution is 2.25. The van der Waals surface area contributed by atoms with Gasteiger partial charge in [0.2, 0.25) is 0 Å². The molecule has 0 aliphatic heterocycles. The van der Waals surface area contributed by atoms with Crippen molar-refractivity contribution in [2.45, 2.75) is 19.8 Å². The molecule has 0 fully saturated rings. The van der Waals surface area contributed by atoms with Gasteiger partial charge < -0.3 is 10.5 Å². The maximum atomic E-state index is 5.60. The van der Waals surface area contributed by atoms with Crippen molar-refractivity contribution in [3.05, 3.63) is 59.4 Å². The van der Waals surface area contributed by atoms with E-state index in [2.05, 4.69) is 37.3 Å². The van der Waals surface area contributed by atoms with Crippen molar-refractivity contribution in [2.75, 3.05) is 13.7 Å². The molecule has 0 aromatic carbocycles. The predicted octanol–water partition coefficient (Wildman–Crippen LogP) is 3.25. The lowest BCUT2D eigenvalue weighted by molar-refractivity contribution is 0.338. The maximum Gasteiger partial charge on any atom is 0.0824 e. The average Bonchev–Trinajstić information content (AvgIpc) is 2.52. The van der Waals surface area contributed by atoms with E-state index in [9.17, 15) is 0 Å². The van der Waals surface area contributed by atoms with Crippen molar-refractivity contribution in [1.82, 2.24) is 0 Å². The Kier molecular flexibility index (Phi) is 6.12. The molecule has 1 rings (SSSR count). The van der Waals surface area contributed by atoms with Gasteiger partial charge in [-0.1, -0.05) is 36.0 Å². The third-order valence-electron chi connectivity index (χ3n) is 2.70. The minimum Gasteiger partial charge on any atom is -0.504 e. The van der Waals surface area contributed by atoms with Gasteiger partial charge in [-0.3, -0.25) is 0 Å². The molecule has 0 bridgehead atoms. The first kappa shape index (κ1) is 13.5. The molecule has 0 saturated heterocycles. The van der Waals surface area contributed by atoms with E-state index in [0.717, 1.165) is 12.8 Å². The van der Waals surface area contributed by atoms with Crippen LogP contribution >= 0.6 is 0 Å². The third kappa shape index (κ3) is 4.45. The van der Waals surface area contributed by atoms with Crippen molar-refractivity contribution in [3.8, 4) is 0 Å². The molecular weight excluding hydrogens is 210 g/mol. The fourth-order valence-corrected chi connectivity index (χ4v) is 1.81. The van der Waals surface area contributed by atoms with Crippen molar-refractivity contribution in [2.24, 2.45) is 5.73 Å². The van der Waals surface area contributed by atoms with Gasteiger partial charge >= 0.3 is 0 Å². The summed E-state index contributed by atoms with van der Waals surface area (Å²) in [5.74, 6) is 0. The summed E-state index contributed by atoms with van der Waals surface area (Å²) in [5, 5.41) is 0. The molecule has 2 heteroatoms. The van der Waals surface area contributed by atoms with Gasteiger partial charge in [0, 0.05) is 0 Å². The van der Waals surface area contributed by atoms with Crippen LogP contribution in [-0.2, 0) is 4.74 Å². The summed E-state index contributed by atoms with van der Waals surface area (Å²) in [6.07, 6.45) is 16.1. The lowest BCUT2D eigenvalue weighted by atomic mass is 9.98. The van der Waals surface area contributed by atoms with Gasteiger partial charge in [-0.2, -0.15) is 0 Å². The molecule has 1 aliphatic carbocycles. The molecule has 17 heavy (non-hydrogen) atoms. The second-order valence-electron chi connectivity index (χ2n) is 3.90. The quantitative estimate of drug-likeness (QED) is 0.754. The number of allylic oxidation sites excluding steroid dienone is 8. The molecule has 0 unspecified atom stereocenters. The van der Waals surface area contributed by atoms with Crippen LogP contribution in [0.4, 0.5) is 0 Å². The standard InChI is InChI=1S/C15H21NO/c1-3-14-12-13(9-10-16)6-4-7-15(14)8-5-11-17-2/h3-8,11H,9-10,12,16H2,1-2H3/b11-5+,14-3-,15-8-. The summed E-state index contributed by atoms with van der Waals surface area (Å²) in [7, 11) is 1.65. The first-order valence-corrected chi connectivity index (χ1v) is 5.93. The van der Waals surface area contributed by atoms with Crippen molar-refractivity contribution < 1.29 is 4.74 Å². The van der Waals surface area contributed by atoms with Crippen molar-refractivity contribution in [3.63, 3.8) is 0 Å². The topological polar surface area (TPSA) is 35.2 Å². The van der Waals surface area contributed by atoms with Crippen LogP contribution in [0.3, 0.4) is 0 Å². The molecule has 0 amide bonds. The van der Waals surface area contributed by atoms with Gasteiger partial charge in [-0.25, -0.2) is 0 Å². The Balaban J connectivity index is 2.85. The Morgan fingerprint density at radius 2 is 2.29 bits per heavy atom. The maximum absolute atomic E-state index is 5.60. The Bertz CT molecular complexity index is 384. The minimum atomic E-state index is 0.708. The Morgan fingerprint density at radius 1 is 1.47 bits per heavy atom. The monoisotopic (exact) mass is 231 g/mol. The van der Waals surface area contributed by atoms with E-state index in [4.69, 9.17) is 10.5 Å². The molecule has 0 atom stereocenters. The molecule has 2 N–H and O–H groups in total. The number of rotatable bonds is 4. The van der Waals surface area contributed by atoms with E-state index in [0.29, 0.717) is 6.54 Å². The van der Waals surface area contributed by atoms with Crippen LogP contribution in [0.1, 0.15) is 19.8 Å². The SMILES string of the molecule is C/C=C1/CC(CCN)=CC=C/C1=C/C=C/OC. The fraction of sp³-hybridized carbons (Fsp3) is 0.333. The first-order valence-electron chi connectivity index (χ1n) is 5.93. The number of nitrogens with two attached hydrogens (primary N) is 1. The molecule has 92 valence electrons. The highest BCUT2D eigenvalue weighted by atomic mass is 16.5. The van der Waals surface area contributed by atoms with Crippen LogP contribution in [0.2, 0.25) is 0 Å². The Morgan fingerprint density at radius 3 is 2.94 bits per heavy atom. The fourth-order valence-electron chi connectivity index (χ4n) is 1.81. The summed E-state index contributed by atoms with van der Waals surface area (Å²) in [4.78, 5) is 0. The lowest BCUT2D eigenvalue weighted by Gasteiger charge is -2.08. The van der Waals surface area contributed by atoms with E-state index in [1.54, 1.807) is 13.4 Å². The van der Waals surface area contributed by atoms with Gasteiger partial charge in [-0.05, 0) is 43.5 Å². The second-order valence-corrected chi connectivity index (χ2v) is 3.90. The lowest BCUT2D eigenvalue weighted by Crippen LogP contribution is -2.01. The third-order valence-corrected chi connectivity index (χ3v) is 2.70. The summed E-state index contributed by atoms with van der Waals surface area (Å²) in [6.45, 7) is 2.78. The number of ether oxygens (including phenoxy) is 1. The molecule has 0 saturated carbocycles. The highest BCUT2D eigenvalue weighted by molar-refractivity contribution is 5.47. The number of methoxy groups -OCH3 is 1. The first-order chi connectivity index (χ1) is 8.31. The molecule has 0 heterocycles. The van der Waals surface area contributed by atoms with E-state index < -0.39 is 0 Å². The number of hydrogen-bond acceptors (Lipinski definition) is 2. The van der Waals surface area contributed by atoms with Gasteiger partial charge in [0.1, 0.15) is 0 Å². The van der Waals surface area contributed by atoms with Gasteiger partial charge in [-0.15, -0.1) is 0 Å². The Hall–Kier alpha value is -1.54. The molecule has 1 aliphatic rings. The molecule has 0 spiro atoms. The van der Waals surface area contributed by atoms with E-state index in [1.807, 2.05) is 6.08 Å². The van der Waals surface area contributed by atoms with Crippen LogP contribution in [0.5, 0.6) is 0 Å². The van der Waals surface area contributed by atoms with Crippen molar-refractivity contribution in [1.29, 1.82) is 0 Å². The van der Waals surface area contributed by atoms with Crippen molar-refractivity contribution >= 4 is 0 Å². The number of hydrogen-bond donors (Lipinski definition) is 1. The van der Waals surface area contributed by atoms with Crippen LogP contribution in [0.15, 0.2) is 59.4 Å². The van der Waals surface area contributed by atoms with Gasteiger partial charge in [0.05, 0.1) is 13.4 Å². The normalized spacial score (nSPS) is 21.0. The van der Waals surface area contributed by atoms with E-state index in [1.165, 1.54) is 16.7 Å². The largest absolute Gasteiger partial charge is 0.504 e. The molecule has 0 aromatic rings. The molecule has 0 aromatic heterocycles. The highest BCUT2D eigenvalue weighted by Gasteiger charge is 2.06. The summed E-state index contributed by atoms with van der Waals surface area (Å²) < 4.78 is 4.89. The second kappa shape index (κ2) is 7.69. The molecular formula is C15H21NO. The minimum absolute atomic E-state index is 0.708.